The van der Waals surface area contributed by atoms with Gasteiger partial charge >= 0.3 is 5.97 Å². The summed E-state index contributed by atoms with van der Waals surface area (Å²) in [5.41, 5.74) is 0.465. The molecule has 1 rings (SSSR count). The first-order valence-corrected chi connectivity index (χ1v) is 7.05. The van der Waals surface area contributed by atoms with Crippen LogP contribution in [0.5, 0.6) is 5.75 Å². The predicted molar refractivity (Wildman–Crippen MR) is 85.4 cm³/mol. The Morgan fingerprint density at radius 2 is 1.81 bits per heavy atom. The highest BCUT2D eigenvalue weighted by Crippen LogP contribution is 2.14. The van der Waals surface area contributed by atoms with Gasteiger partial charge < -0.3 is 14.4 Å². The van der Waals surface area contributed by atoms with E-state index in [9.17, 15) is 4.79 Å². The number of hydrogen-bond acceptors (Lipinski definition) is 4. The van der Waals surface area contributed by atoms with Gasteiger partial charge in [0.05, 0.1) is 0 Å². The first-order valence-electron chi connectivity index (χ1n) is 7.05. The Kier molecular flexibility index (Phi) is 6.43. The fourth-order valence-electron chi connectivity index (χ4n) is 1.52. The molecule has 21 heavy (non-hydrogen) atoms. The van der Waals surface area contributed by atoms with E-state index in [2.05, 4.69) is 4.90 Å². The van der Waals surface area contributed by atoms with Gasteiger partial charge in [0.15, 0.2) is 0 Å². The number of carbonyl (C=O) groups excluding carboxylic acids is 1. The Morgan fingerprint density at radius 1 is 1.19 bits per heavy atom. The molecule has 0 amide bonds. The molecule has 0 fully saturated rings. The van der Waals surface area contributed by atoms with Crippen LogP contribution in [0.4, 0.5) is 0 Å². The molecule has 0 saturated carbocycles. The minimum absolute atomic E-state index is 0.339. The summed E-state index contributed by atoms with van der Waals surface area (Å²) >= 11 is 0. The largest absolute Gasteiger partial charge is 0.492 e. The Morgan fingerprint density at radius 3 is 2.33 bits per heavy atom. The fraction of sp³-hybridized carbons (Fsp3) is 0.471. The van der Waals surface area contributed by atoms with Crippen molar-refractivity contribution in [3.63, 3.8) is 0 Å². The lowest BCUT2D eigenvalue weighted by atomic mass is 10.2. The first-order chi connectivity index (χ1) is 9.76. The molecule has 0 aromatic heterocycles. The standard InChI is InChI=1S/C17H25NO3/c1-17(2,3)21-16(19)11-8-14-6-9-15(10-7-14)20-13-12-18(4)5/h6-11H,12-13H2,1-5H3/b11-8+. The molecule has 0 aliphatic carbocycles. The van der Waals surface area contributed by atoms with E-state index in [-0.39, 0.29) is 5.97 Å². The lowest BCUT2D eigenvalue weighted by Gasteiger charge is -2.17. The van der Waals surface area contributed by atoms with Gasteiger partial charge in [-0.1, -0.05) is 12.1 Å². The SMILES string of the molecule is CN(C)CCOc1ccc(/C=C/C(=O)OC(C)(C)C)cc1. The van der Waals surface area contributed by atoms with Crippen LogP contribution in [0, 0.1) is 0 Å². The van der Waals surface area contributed by atoms with Crippen LogP contribution in [0.25, 0.3) is 6.08 Å². The third kappa shape index (κ3) is 8.15. The van der Waals surface area contributed by atoms with E-state index in [0.717, 1.165) is 17.9 Å². The van der Waals surface area contributed by atoms with Crippen LogP contribution in [-0.4, -0.2) is 43.7 Å². The molecular formula is C17H25NO3. The summed E-state index contributed by atoms with van der Waals surface area (Å²) in [4.78, 5) is 13.6. The summed E-state index contributed by atoms with van der Waals surface area (Å²) in [6.07, 6.45) is 3.17. The van der Waals surface area contributed by atoms with Crippen molar-refractivity contribution in [2.45, 2.75) is 26.4 Å². The van der Waals surface area contributed by atoms with Crippen LogP contribution in [0.2, 0.25) is 0 Å². The molecular weight excluding hydrogens is 266 g/mol. The second kappa shape index (κ2) is 7.84. The average Bonchev–Trinajstić information content (AvgIpc) is 2.35. The van der Waals surface area contributed by atoms with Crippen molar-refractivity contribution in [1.82, 2.24) is 4.90 Å². The lowest BCUT2D eigenvalue weighted by molar-refractivity contribution is -0.148. The summed E-state index contributed by atoms with van der Waals surface area (Å²) in [6.45, 7) is 7.07. The molecule has 1 aromatic carbocycles. The second-order valence-electron chi connectivity index (χ2n) is 6.09. The number of benzene rings is 1. The van der Waals surface area contributed by atoms with Crippen molar-refractivity contribution >= 4 is 12.0 Å². The van der Waals surface area contributed by atoms with Crippen LogP contribution < -0.4 is 4.74 Å². The number of esters is 1. The first kappa shape index (κ1) is 17.2. The normalized spacial score (nSPS) is 11.9. The van der Waals surface area contributed by atoms with Crippen molar-refractivity contribution in [1.29, 1.82) is 0 Å². The van der Waals surface area contributed by atoms with E-state index in [4.69, 9.17) is 9.47 Å². The number of nitrogens with zero attached hydrogens (tertiary/aromatic N) is 1. The Balaban J connectivity index is 2.49. The summed E-state index contributed by atoms with van der Waals surface area (Å²) in [7, 11) is 4.02. The van der Waals surface area contributed by atoms with Crippen LogP contribution in [0.3, 0.4) is 0 Å². The second-order valence-corrected chi connectivity index (χ2v) is 6.09. The monoisotopic (exact) mass is 291 g/mol. The molecule has 116 valence electrons. The highest BCUT2D eigenvalue weighted by Gasteiger charge is 2.13. The molecule has 0 spiro atoms. The number of carbonyl (C=O) groups is 1. The van der Waals surface area contributed by atoms with Gasteiger partial charge in [-0.3, -0.25) is 0 Å². The van der Waals surface area contributed by atoms with Gasteiger partial charge in [-0.05, 0) is 58.6 Å². The van der Waals surface area contributed by atoms with Gasteiger partial charge in [0.2, 0.25) is 0 Å². The van der Waals surface area contributed by atoms with Crippen molar-refractivity contribution in [3.05, 3.63) is 35.9 Å². The zero-order valence-electron chi connectivity index (χ0n) is 13.6. The smallest absolute Gasteiger partial charge is 0.331 e. The van der Waals surface area contributed by atoms with E-state index in [1.807, 2.05) is 59.1 Å². The third-order valence-corrected chi connectivity index (χ3v) is 2.51. The maximum Gasteiger partial charge on any atom is 0.331 e. The zero-order valence-corrected chi connectivity index (χ0v) is 13.6. The zero-order chi connectivity index (χ0) is 15.9. The maximum absolute atomic E-state index is 11.6. The highest BCUT2D eigenvalue weighted by atomic mass is 16.6. The van der Waals surface area contributed by atoms with Crippen LogP contribution >= 0.6 is 0 Å². The molecule has 0 atom stereocenters. The van der Waals surface area contributed by atoms with Gasteiger partial charge in [0.25, 0.3) is 0 Å². The van der Waals surface area contributed by atoms with Crippen LogP contribution in [0.1, 0.15) is 26.3 Å². The molecule has 4 heteroatoms. The number of rotatable bonds is 6. The van der Waals surface area contributed by atoms with Crippen molar-refractivity contribution in [2.24, 2.45) is 0 Å². The molecule has 0 radical (unpaired) electrons. The van der Waals surface area contributed by atoms with Gasteiger partial charge in [-0.25, -0.2) is 4.79 Å². The average molecular weight is 291 g/mol. The van der Waals surface area contributed by atoms with E-state index in [1.165, 1.54) is 6.08 Å². The quantitative estimate of drug-likeness (QED) is 0.596. The molecule has 0 aliphatic rings. The summed E-state index contributed by atoms with van der Waals surface area (Å²) in [6, 6.07) is 7.60. The van der Waals surface area contributed by atoms with Gasteiger partial charge in [-0.2, -0.15) is 0 Å². The molecule has 0 aliphatic heterocycles. The Hall–Kier alpha value is -1.81. The number of hydrogen-bond donors (Lipinski definition) is 0. The highest BCUT2D eigenvalue weighted by molar-refractivity contribution is 5.87. The predicted octanol–water partition coefficient (Wildman–Crippen LogP) is 2.98. The molecule has 0 unspecified atom stereocenters. The van der Waals surface area contributed by atoms with Crippen molar-refractivity contribution < 1.29 is 14.3 Å². The van der Waals surface area contributed by atoms with E-state index in [0.29, 0.717) is 6.61 Å². The van der Waals surface area contributed by atoms with Gasteiger partial charge in [0, 0.05) is 12.6 Å². The van der Waals surface area contributed by atoms with E-state index in [1.54, 1.807) is 6.08 Å². The third-order valence-electron chi connectivity index (χ3n) is 2.51. The minimum Gasteiger partial charge on any atom is -0.492 e. The minimum atomic E-state index is -0.467. The van der Waals surface area contributed by atoms with Crippen LogP contribution in [-0.2, 0) is 9.53 Å². The molecule has 0 N–H and O–H groups in total. The molecule has 4 nitrogen and oxygen atoms in total. The maximum atomic E-state index is 11.6. The fourth-order valence-corrected chi connectivity index (χ4v) is 1.52. The van der Waals surface area contributed by atoms with Crippen molar-refractivity contribution in [3.8, 4) is 5.75 Å². The lowest BCUT2D eigenvalue weighted by Crippen LogP contribution is -2.22. The number of likely N-dealkylation sites (N-methyl/N-ethyl adjacent to an activating group) is 1. The van der Waals surface area contributed by atoms with E-state index >= 15 is 0 Å². The molecule has 0 heterocycles. The summed E-state index contributed by atoms with van der Waals surface area (Å²) in [5, 5.41) is 0. The Bertz CT molecular complexity index is 470. The van der Waals surface area contributed by atoms with Gasteiger partial charge in [-0.15, -0.1) is 0 Å². The Labute approximate surface area is 127 Å². The number of ether oxygens (including phenoxy) is 2. The molecule has 0 bridgehead atoms. The molecule has 1 aromatic rings. The summed E-state index contributed by atoms with van der Waals surface area (Å²) in [5.74, 6) is 0.486. The van der Waals surface area contributed by atoms with Crippen molar-refractivity contribution in [2.75, 3.05) is 27.2 Å². The van der Waals surface area contributed by atoms with Gasteiger partial charge in [0.1, 0.15) is 18.0 Å². The van der Waals surface area contributed by atoms with E-state index < -0.39 is 5.60 Å². The molecule has 0 saturated heterocycles. The van der Waals surface area contributed by atoms with Crippen LogP contribution in [0.15, 0.2) is 30.3 Å². The topological polar surface area (TPSA) is 38.8 Å². The summed E-state index contributed by atoms with van der Waals surface area (Å²) < 4.78 is 10.8.